The lowest BCUT2D eigenvalue weighted by molar-refractivity contribution is -0.137. The molecule has 220 valence electrons. The Hall–Kier alpha value is -3.17. The van der Waals surface area contributed by atoms with E-state index in [1.807, 2.05) is 23.8 Å². The van der Waals surface area contributed by atoms with Crippen LogP contribution in [0.1, 0.15) is 64.1 Å². The van der Waals surface area contributed by atoms with E-state index in [0.717, 1.165) is 18.4 Å². The van der Waals surface area contributed by atoms with E-state index in [0.29, 0.717) is 37.9 Å². The van der Waals surface area contributed by atoms with Gasteiger partial charge in [-0.15, -0.1) is 0 Å². The van der Waals surface area contributed by atoms with Gasteiger partial charge < -0.3 is 19.7 Å². The van der Waals surface area contributed by atoms with Crippen LogP contribution in [-0.2, 0) is 20.5 Å². The number of rotatable bonds is 8. The summed E-state index contributed by atoms with van der Waals surface area (Å²) in [7, 11) is 1.85. The molecule has 2 aliphatic rings. The van der Waals surface area contributed by atoms with Crippen molar-refractivity contribution >= 4 is 18.3 Å². The third kappa shape index (κ3) is 7.73. The van der Waals surface area contributed by atoms with Gasteiger partial charge in [0.25, 0.3) is 0 Å². The maximum absolute atomic E-state index is 13.5. The predicted octanol–water partition coefficient (Wildman–Crippen LogP) is 3.75. The lowest BCUT2D eigenvalue weighted by atomic mass is 10.0. The summed E-state index contributed by atoms with van der Waals surface area (Å²) in [6, 6.07) is 4.63. The van der Waals surface area contributed by atoms with Crippen molar-refractivity contribution in [3.63, 3.8) is 0 Å². The Bertz CT molecular complexity index is 1100. The van der Waals surface area contributed by atoms with E-state index in [2.05, 4.69) is 11.4 Å². The molecule has 1 aromatic carbocycles. The minimum atomic E-state index is -4.42. The Morgan fingerprint density at radius 3 is 2.45 bits per heavy atom. The van der Waals surface area contributed by atoms with E-state index in [-0.39, 0.29) is 18.6 Å². The number of likely N-dealkylation sites (N-methyl/N-ethyl adjacent to an activating group) is 1. The van der Waals surface area contributed by atoms with Crippen molar-refractivity contribution in [1.82, 2.24) is 20.0 Å². The van der Waals surface area contributed by atoms with Crippen LogP contribution < -0.4 is 5.32 Å². The number of halogens is 3. The topological polar surface area (TPSA) is 106 Å². The molecule has 4 unspecified atom stereocenters. The molecule has 0 aromatic heterocycles. The molecule has 0 radical (unpaired) electrons. The summed E-state index contributed by atoms with van der Waals surface area (Å²) in [5.41, 5.74) is -0.807. The number of carbonyl (C=O) groups is 3. The molecule has 2 saturated heterocycles. The minimum absolute atomic E-state index is 0.0368. The van der Waals surface area contributed by atoms with Crippen LogP contribution in [-0.4, -0.2) is 89.4 Å². The maximum Gasteiger partial charge on any atom is 0.416 e. The summed E-state index contributed by atoms with van der Waals surface area (Å²) in [6.45, 7) is 7.83. The van der Waals surface area contributed by atoms with Crippen LogP contribution in [0.5, 0.6) is 0 Å². The highest BCUT2D eigenvalue weighted by atomic mass is 19.4. The molecule has 1 aromatic rings. The second-order valence-corrected chi connectivity index (χ2v) is 11.5. The van der Waals surface area contributed by atoms with Crippen LogP contribution in [0.15, 0.2) is 24.3 Å². The molecule has 12 heteroatoms. The zero-order valence-electron chi connectivity index (χ0n) is 23.6. The summed E-state index contributed by atoms with van der Waals surface area (Å²) >= 11 is 0. The molecule has 40 heavy (non-hydrogen) atoms. The molecule has 2 fully saturated rings. The van der Waals surface area contributed by atoms with E-state index in [9.17, 15) is 32.8 Å². The maximum atomic E-state index is 13.5. The Morgan fingerprint density at radius 2 is 1.90 bits per heavy atom. The first-order chi connectivity index (χ1) is 18.6. The third-order valence-electron chi connectivity index (χ3n) is 7.58. The summed E-state index contributed by atoms with van der Waals surface area (Å²) < 4.78 is 44.3. The predicted molar refractivity (Wildman–Crippen MR) is 141 cm³/mol. The minimum Gasteiger partial charge on any atom is -0.444 e. The molecule has 9 nitrogen and oxygen atoms in total. The van der Waals surface area contributed by atoms with Gasteiger partial charge in [0.2, 0.25) is 5.91 Å². The first-order valence-electron chi connectivity index (χ1n) is 13.4. The number of benzene rings is 1. The number of alkyl halides is 3. The Kier molecular flexibility index (Phi) is 9.85. The number of likely N-dealkylation sites (tertiary alicyclic amines) is 2. The molecule has 2 aliphatic heterocycles. The number of alkyl carbamates (subject to hydrolysis) is 1. The van der Waals surface area contributed by atoms with E-state index in [1.165, 1.54) is 17.0 Å². The van der Waals surface area contributed by atoms with E-state index in [1.54, 1.807) is 20.8 Å². The van der Waals surface area contributed by atoms with E-state index >= 15 is 0 Å². The summed E-state index contributed by atoms with van der Waals surface area (Å²) in [5.74, 6) is -0.408. The van der Waals surface area contributed by atoms with Gasteiger partial charge in [-0.25, -0.2) is 4.79 Å². The number of nitrogens with one attached hydrogen (secondary N) is 1. The van der Waals surface area contributed by atoms with Gasteiger partial charge in [0.15, 0.2) is 0 Å². The van der Waals surface area contributed by atoms with Gasteiger partial charge in [0.1, 0.15) is 24.0 Å². The van der Waals surface area contributed by atoms with Gasteiger partial charge >= 0.3 is 12.3 Å². The van der Waals surface area contributed by atoms with Crippen LogP contribution >= 0.6 is 0 Å². The third-order valence-corrected chi connectivity index (χ3v) is 7.58. The van der Waals surface area contributed by atoms with Crippen molar-refractivity contribution in [1.29, 1.82) is 5.26 Å². The largest absolute Gasteiger partial charge is 0.444 e. The van der Waals surface area contributed by atoms with Gasteiger partial charge in [-0.05, 0) is 71.7 Å². The van der Waals surface area contributed by atoms with Crippen molar-refractivity contribution in [3.05, 3.63) is 35.4 Å². The van der Waals surface area contributed by atoms with E-state index < -0.39 is 47.5 Å². The molecular weight excluding hydrogens is 527 g/mol. The summed E-state index contributed by atoms with van der Waals surface area (Å²) in [4.78, 5) is 43.5. The normalized spacial score (nSPS) is 23.5. The molecule has 3 rings (SSSR count). The van der Waals surface area contributed by atoms with Crippen molar-refractivity contribution in [2.75, 3.05) is 26.7 Å². The van der Waals surface area contributed by atoms with Gasteiger partial charge in [0, 0.05) is 31.7 Å². The molecule has 2 heterocycles. The molecule has 0 saturated carbocycles. The van der Waals surface area contributed by atoms with Gasteiger partial charge in [-0.3, -0.25) is 14.6 Å². The number of aldehydes is 1. The first kappa shape index (κ1) is 31.4. The number of amides is 2. The summed E-state index contributed by atoms with van der Waals surface area (Å²) in [6.07, 6.45) is -2.71. The van der Waals surface area contributed by atoms with Crippen molar-refractivity contribution in [2.45, 2.75) is 88.9 Å². The zero-order chi connectivity index (χ0) is 29.8. The Balaban J connectivity index is 1.75. The van der Waals surface area contributed by atoms with Crippen LogP contribution in [0.2, 0.25) is 0 Å². The number of hydrogen-bond donors (Lipinski definition) is 1. The monoisotopic (exact) mass is 565 g/mol. The second-order valence-electron chi connectivity index (χ2n) is 11.5. The fourth-order valence-electron chi connectivity index (χ4n) is 5.29. The average molecular weight is 566 g/mol. The highest BCUT2D eigenvalue weighted by Crippen LogP contribution is 2.32. The van der Waals surface area contributed by atoms with Crippen molar-refractivity contribution in [3.8, 4) is 6.07 Å². The van der Waals surface area contributed by atoms with Gasteiger partial charge in [0.05, 0.1) is 17.7 Å². The second kappa shape index (κ2) is 12.6. The standard InChI is InChI=1S/C28H38F3N5O4/c1-18(19-8-10-20(11-9-19)28(29,30)31)34(5)22-13-23(17-37)35(15-22)16-24(33-26(39)40-27(2,3)4)25(38)36-12-6-7-21(36)14-32/h8-11,17-18,21-24H,6-7,12-13,15-16H2,1-5H3,(H,33,39)/t18-,21?,22?,23?,24?/m0/s1. The van der Waals surface area contributed by atoms with Gasteiger partial charge in [-0.2, -0.15) is 18.4 Å². The van der Waals surface area contributed by atoms with Crippen LogP contribution in [0.25, 0.3) is 0 Å². The number of nitrogens with zero attached hydrogens (tertiary/aromatic N) is 4. The van der Waals surface area contributed by atoms with Crippen molar-refractivity contribution < 1.29 is 32.3 Å². The van der Waals surface area contributed by atoms with Crippen molar-refractivity contribution in [2.24, 2.45) is 0 Å². The van der Waals surface area contributed by atoms with Crippen LogP contribution in [0, 0.1) is 11.3 Å². The fourth-order valence-corrected chi connectivity index (χ4v) is 5.29. The Labute approximate surface area is 233 Å². The molecule has 1 N–H and O–H groups in total. The molecule has 0 aliphatic carbocycles. The van der Waals surface area contributed by atoms with Gasteiger partial charge in [-0.1, -0.05) is 12.1 Å². The number of nitriles is 1. The molecule has 2 amide bonds. The smallest absolute Gasteiger partial charge is 0.416 e. The number of carbonyl (C=O) groups excluding carboxylic acids is 3. The quantitative estimate of drug-likeness (QED) is 0.479. The lowest BCUT2D eigenvalue weighted by Gasteiger charge is -2.32. The van der Waals surface area contributed by atoms with Crippen LogP contribution in [0.4, 0.5) is 18.0 Å². The highest BCUT2D eigenvalue weighted by molar-refractivity contribution is 5.86. The number of hydrogen-bond acceptors (Lipinski definition) is 7. The molecule has 0 spiro atoms. The number of ether oxygens (including phenoxy) is 1. The molecular formula is C28H38F3N5O4. The summed E-state index contributed by atoms with van der Waals surface area (Å²) in [5, 5.41) is 12.1. The highest BCUT2D eigenvalue weighted by Gasteiger charge is 2.41. The first-order valence-corrected chi connectivity index (χ1v) is 13.4. The van der Waals surface area contributed by atoms with Crippen LogP contribution in [0.3, 0.4) is 0 Å². The SMILES string of the molecule is C[C@@H](c1ccc(C(F)(F)F)cc1)N(C)C1CC(C=O)N(CC(NC(=O)OC(C)(C)C)C(=O)N2CCCC2C#N)C1. The zero-order valence-corrected chi connectivity index (χ0v) is 23.6. The van der Waals surface area contributed by atoms with E-state index in [4.69, 9.17) is 4.74 Å². The Morgan fingerprint density at radius 1 is 1.25 bits per heavy atom. The fraction of sp³-hybridized carbons (Fsp3) is 0.643. The lowest BCUT2D eigenvalue weighted by Crippen LogP contribution is -2.56. The molecule has 5 atom stereocenters. The average Bonchev–Trinajstić information content (AvgIpc) is 3.52. The molecule has 0 bridgehead atoms.